The van der Waals surface area contributed by atoms with Crippen LogP contribution in [0.4, 0.5) is 4.39 Å². The summed E-state index contributed by atoms with van der Waals surface area (Å²) in [7, 11) is 1.98. The van der Waals surface area contributed by atoms with Crippen LogP contribution in [0.1, 0.15) is 17.1 Å². The molecular weight excluding hydrogens is 265 g/mol. The van der Waals surface area contributed by atoms with E-state index < -0.39 is 0 Å². The van der Waals surface area contributed by atoms with E-state index in [0.717, 1.165) is 18.1 Å². The van der Waals surface area contributed by atoms with Crippen molar-refractivity contribution in [1.29, 1.82) is 0 Å². The second-order valence-corrected chi connectivity index (χ2v) is 5.11. The second-order valence-electron chi connectivity index (χ2n) is 4.70. The topological polar surface area (TPSA) is 31.9 Å². The van der Waals surface area contributed by atoms with E-state index in [1.54, 1.807) is 18.3 Å². The summed E-state index contributed by atoms with van der Waals surface area (Å²) in [5.41, 5.74) is 1.62. The van der Waals surface area contributed by atoms with Crippen LogP contribution in [0.15, 0.2) is 24.4 Å². The van der Waals surface area contributed by atoms with Gasteiger partial charge in [0, 0.05) is 29.0 Å². The summed E-state index contributed by atoms with van der Waals surface area (Å²) < 4.78 is 13.6. The van der Waals surface area contributed by atoms with Gasteiger partial charge in [0.1, 0.15) is 11.6 Å². The molecule has 2 rings (SSSR count). The molecule has 0 saturated carbocycles. The molecule has 2 aromatic rings. The molecule has 5 heteroatoms. The molecule has 0 aliphatic heterocycles. The molecule has 102 valence electrons. The van der Waals surface area contributed by atoms with Crippen molar-refractivity contribution in [3.8, 4) is 0 Å². The molecule has 0 saturated heterocycles. The zero-order chi connectivity index (χ0) is 13.8. The van der Waals surface area contributed by atoms with Gasteiger partial charge in [-0.1, -0.05) is 17.7 Å². The summed E-state index contributed by atoms with van der Waals surface area (Å²) in [4.78, 5) is 9.51. The fourth-order valence-electron chi connectivity index (χ4n) is 1.96. The maximum atomic E-state index is 13.6. The normalized spacial score (nSPS) is 11.2. The first-order valence-electron chi connectivity index (χ1n) is 6.18. The molecule has 1 aromatic carbocycles. The lowest BCUT2D eigenvalue weighted by Gasteiger charge is -2.15. The van der Waals surface area contributed by atoms with Crippen molar-refractivity contribution in [2.24, 2.45) is 0 Å². The highest BCUT2D eigenvalue weighted by Crippen LogP contribution is 2.19. The summed E-state index contributed by atoms with van der Waals surface area (Å²) in [6.07, 6.45) is 2.39. The monoisotopic (exact) mass is 281 g/mol. The molecule has 0 unspecified atom stereocenters. The van der Waals surface area contributed by atoms with Gasteiger partial charge in [-0.15, -0.1) is 0 Å². The van der Waals surface area contributed by atoms with Crippen molar-refractivity contribution < 1.29 is 4.39 Å². The number of nitrogens with zero attached hydrogens (tertiary/aromatic N) is 2. The van der Waals surface area contributed by atoms with E-state index in [1.165, 1.54) is 6.07 Å². The standard InChI is InChI=1S/C14H17ClFN3/c1-10-8-17-14(18-10)9-19(2)7-6-11-12(15)4-3-5-13(11)16/h3-5,8H,6-7,9H2,1-2H3,(H,17,18). The Labute approximate surface area is 117 Å². The number of likely N-dealkylation sites (N-methyl/N-ethyl adjacent to an activating group) is 1. The third-order valence-corrected chi connectivity index (χ3v) is 3.33. The Kier molecular flexibility index (Phi) is 4.56. The van der Waals surface area contributed by atoms with Gasteiger partial charge >= 0.3 is 0 Å². The molecule has 0 bridgehead atoms. The van der Waals surface area contributed by atoms with Gasteiger partial charge in [0.25, 0.3) is 0 Å². The summed E-state index contributed by atoms with van der Waals surface area (Å²) in [6.45, 7) is 3.40. The molecule has 0 spiro atoms. The van der Waals surface area contributed by atoms with Gasteiger partial charge < -0.3 is 4.98 Å². The van der Waals surface area contributed by atoms with E-state index in [0.29, 0.717) is 23.6 Å². The number of aryl methyl sites for hydroxylation is 1. The lowest BCUT2D eigenvalue weighted by Crippen LogP contribution is -2.21. The van der Waals surface area contributed by atoms with Crippen LogP contribution in [0.2, 0.25) is 5.02 Å². The number of rotatable bonds is 5. The minimum atomic E-state index is -0.241. The first-order chi connectivity index (χ1) is 9.06. The second kappa shape index (κ2) is 6.17. The Hall–Kier alpha value is -1.39. The SMILES string of the molecule is Cc1cnc(CN(C)CCc2c(F)cccc2Cl)[nH]1. The number of hydrogen-bond acceptors (Lipinski definition) is 2. The number of hydrogen-bond donors (Lipinski definition) is 1. The Bertz CT molecular complexity index is 533. The lowest BCUT2D eigenvalue weighted by molar-refractivity contribution is 0.322. The molecule has 19 heavy (non-hydrogen) atoms. The van der Waals surface area contributed by atoms with Crippen molar-refractivity contribution in [1.82, 2.24) is 14.9 Å². The van der Waals surface area contributed by atoms with Gasteiger partial charge in [-0.25, -0.2) is 9.37 Å². The fraction of sp³-hybridized carbons (Fsp3) is 0.357. The van der Waals surface area contributed by atoms with Crippen LogP contribution in [0, 0.1) is 12.7 Å². The highest BCUT2D eigenvalue weighted by Gasteiger charge is 2.09. The summed E-state index contributed by atoms with van der Waals surface area (Å²) in [5.74, 6) is 0.675. The molecule has 1 heterocycles. The van der Waals surface area contributed by atoms with E-state index in [-0.39, 0.29) is 5.82 Å². The maximum absolute atomic E-state index is 13.6. The zero-order valence-electron chi connectivity index (χ0n) is 11.1. The van der Waals surface area contributed by atoms with Crippen LogP contribution >= 0.6 is 11.6 Å². The molecule has 0 aliphatic carbocycles. The highest BCUT2D eigenvalue weighted by molar-refractivity contribution is 6.31. The number of halogens is 2. The van der Waals surface area contributed by atoms with E-state index in [1.807, 2.05) is 14.0 Å². The number of H-pyrrole nitrogens is 1. The molecule has 3 nitrogen and oxygen atoms in total. The molecular formula is C14H17ClFN3. The minimum absolute atomic E-state index is 0.241. The Morgan fingerprint density at radius 3 is 2.84 bits per heavy atom. The van der Waals surface area contributed by atoms with Crippen LogP contribution < -0.4 is 0 Å². The van der Waals surface area contributed by atoms with Crippen molar-refractivity contribution in [2.45, 2.75) is 19.9 Å². The lowest BCUT2D eigenvalue weighted by atomic mass is 10.1. The number of benzene rings is 1. The smallest absolute Gasteiger partial charge is 0.127 e. The average Bonchev–Trinajstić information content (AvgIpc) is 2.74. The van der Waals surface area contributed by atoms with Gasteiger partial charge in [-0.05, 0) is 32.5 Å². The predicted molar refractivity (Wildman–Crippen MR) is 74.8 cm³/mol. The van der Waals surface area contributed by atoms with Crippen molar-refractivity contribution in [3.05, 3.63) is 52.3 Å². The summed E-state index contributed by atoms with van der Waals surface area (Å²) >= 11 is 6.00. The predicted octanol–water partition coefficient (Wildman–Crippen LogP) is 3.19. The van der Waals surface area contributed by atoms with Crippen LogP contribution in [-0.4, -0.2) is 28.5 Å². The van der Waals surface area contributed by atoms with Crippen molar-refractivity contribution in [3.63, 3.8) is 0 Å². The van der Waals surface area contributed by atoms with E-state index in [2.05, 4.69) is 14.9 Å². The largest absolute Gasteiger partial charge is 0.345 e. The first kappa shape index (κ1) is 14.0. The van der Waals surface area contributed by atoms with Crippen LogP contribution in [0.3, 0.4) is 0 Å². The number of aromatic amines is 1. The van der Waals surface area contributed by atoms with E-state index in [4.69, 9.17) is 11.6 Å². The number of aromatic nitrogens is 2. The zero-order valence-corrected chi connectivity index (χ0v) is 11.8. The molecule has 1 N–H and O–H groups in total. The number of nitrogens with one attached hydrogen (secondary N) is 1. The quantitative estimate of drug-likeness (QED) is 0.913. The molecule has 0 atom stereocenters. The van der Waals surface area contributed by atoms with Gasteiger partial charge in [-0.2, -0.15) is 0 Å². The molecule has 1 aromatic heterocycles. The third-order valence-electron chi connectivity index (χ3n) is 2.98. The Morgan fingerprint density at radius 2 is 2.21 bits per heavy atom. The number of imidazole rings is 1. The average molecular weight is 282 g/mol. The van der Waals surface area contributed by atoms with Gasteiger partial charge in [0.2, 0.25) is 0 Å². The summed E-state index contributed by atoms with van der Waals surface area (Å²) in [5, 5.41) is 0.488. The van der Waals surface area contributed by atoms with Crippen LogP contribution in [-0.2, 0) is 13.0 Å². The first-order valence-corrected chi connectivity index (χ1v) is 6.56. The van der Waals surface area contributed by atoms with Gasteiger partial charge in [0.15, 0.2) is 0 Å². The Balaban J connectivity index is 1.91. The Morgan fingerprint density at radius 1 is 1.42 bits per heavy atom. The van der Waals surface area contributed by atoms with Crippen molar-refractivity contribution in [2.75, 3.05) is 13.6 Å². The maximum Gasteiger partial charge on any atom is 0.127 e. The minimum Gasteiger partial charge on any atom is -0.345 e. The molecule has 0 fully saturated rings. The van der Waals surface area contributed by atoms with E-state index in [9.17, 15) is 4.39 Å². The summed E-state index contributed by atoms with van der Waals surface area (Å²) in [6, 6.07) is 4.78. The molecule has 0 radical (unpaired) electrons. The van der Waals surface area contributed by atoms with Crippen LogP contribution in [0.25, 0.3) is 0 Å². The van der Waals surface area contributed by atoms with Gasteiger partial charge in [0.05, 0.1) is 6.54 Å². The highest BCUT2D eigenvalue weighted by atomic mass is 35.5. The fourth-order valence-corrected chi connectivity index (χ4v) is 2.21. The molecule has 0 aliphatic rings. The third kappa shape index (κ3) is 3.78. The van der Waals surface area contributed by atoms with Crippen LogP contribution in [0.5, 0.6) is 0 Å². The molecule has 0 amide bonds. The van der Waals surface area contributed by atoms with Crippen molar-refractivity contribution >= 4 is 11.6 Å². The van der Waals surface area contributed by atoms with E-state index >= 15 is 0 Å². The van der Waals surface area contributed by atoms with Gasteiger partial charge in [-0.3, -0.25) is 4.90 Å².